The maximum Gasteiger partial charge on any atom is 0.306 e. The van der Waals surface area contributed by atoms with Crippen molar-refractivity contribution in [2.75, 3.05) is 33.0 Å². The van der Waals surface area contributed by atoms with Crippen LogP contribution in [0.1, 0.15) is 194 Å². The summed E-state index contributed by atoms with van der Waals surface area (Å²) in [7, 11) is 0. The van der Waals surface area contributed by atoms with Crippen molar-refractivity contribution in [1.29, 1.82) is 0 Å². The monoisotopic (exact) mass is 1060 g/mol. The third-order valence-corrected chi connectivity index (χ3v) is 13.4. The number of carbonyl (C=O) groups is 1. The third kappa shape index (κ3) is 33.9. The molecule has 0 aromatic carbocycles. The van der Waals surface area contributed by atoms with E-state index in [-0.39, 0.29) is 19.6 Å². The van der Waals surface area contributed by atoms with E-state index in [1.54, 1.807) is 0 Å². The molecule has 2 heterocycles. The summed E-state index contributed by atoms with van der Waals surface area (Å²) >= 11 is 0. The highest BCUT2D eigenvalue weighted by molar-refractivity contribution is 5.69. The second kappa shape index (κ2) is 47.2. The lowest BCUT2D eigenvalue weighted by molar-refractivity contribution is -0.332. The van der Waals surface area contributed by atoms with Crippen molar-refractivity contribution >= 4 is 5.97 Å². The second-order valence-electron chi connectivity index (χ2n) is 20.1. The Labute approximate surface area is 452 Å². The Kier molecular flexibility index (Phi) is 43.0. The molecule has 14 heteroatoms. The van der Waals surface area contributed by atoms with E-state index >= 15 is 0 Å². The molecule has 11 unspecified atom stereocenters. The molecular weight excluding hydrogens is 957 g/mol. The van der Waals surface area contributed by atoms with E-state index in [1.165, 1.54) is 64.2 Å². The highest BCUT2D eigenvalue weighted by Gasteiger charge is 2.47. The van der Waals surface area contributed by atoms with E-state index in [1.807, 2.05) is 0 Å². The van der Waals surface area contributed by atoms with Gasteiger partial charge in [0.05, 0.1) is 26.4 Å². The minimum Gasteiger partial charge on any atom is -0.457 e. The van der Waals surface area contributed by atoms with Gasteiger partial charge in [-0.3, -0.25) is 4.79 Å². The molecule has 75 heavy (non-hydrogen) atoms. The normalized spacial score (nSPS) is 25.2. The molecule has 0 aromatic rings. The molecule has 2 aliphatic rings. The largest absolute Gasteiger partial charge is 0.457 e. The first kappa shape index (κ1) is 68.3. The lowest BCUT2D eigenvalue weighted by atomic mass is 9.98. The molecule has 0 aliphatic carbocycles. The van der Waals surface area contributed by atoms with E-state index in [4.69, 9.17) is 28.4 Å². The zero-order valence-corrected chi connectivity index (χ0v) is 46.3. The fourth-order valence-electron chi connectivity index (χ4n) is 8.69. The van der Waals surface area contributed by atoms with E-state index < -0.39 is 86.7 Å². The van der Waals surface area contributed by atoms with Crippen LogP contribution in [0.25, 0.3) is 0 Å². The first-order valence-electron chi connectivity index (χ1n) is 29.2. The van der Waals surface area contributed by atoms with Gasteiger partial charge in [0, 0.05) is 13.0 Å². The van der Waals surface area contributed by atoms with Gasteiger partial charge in [0.25, 0.3) is 0 Å². The second-order valence-corrected chi connectivity index (χ2v) is 20.1. The minimum atomic E-state index is -1.71. The topological polar surface area (TPSA) is 214 Å². The number of aliphatic hydroxyl groups excluding tert-OH is 7. The quantitative estimate of drug-likeness (QED) is 0.0172. The number of hydrogen-bond acceptors (Lipinski definition) is 14. The van der Waals surface area contributed by atoms with Gasteiger partial charge in [-0.05, 0) is 89.9 Å². The van der Waals surface area contributed by atoms with Crippen molar-refractivity contribution in [2.45, 2.75) is 261 Å². The molecule has 2 rings (SSSR count). The van der Waals surface area contributed by atoms with Crippen LogP contribution in [-0.4, -0.2) is 142 Å². The molecule has 0 saturated carbocycles. The van der Waals surface area contributed by atoms with Gasteiger partial charge in [-0.2, -0.15) is 0 Å². The average Bonchev–Trinajstić information content (AvgIpc) is 3.41. The molecule has 2 fully saturated rings. The van der Waals surface area contributed by atoms with Gasteiger partial charge in [0.15, 0.2) is 12.6 Å². The van der Waals surface area contributed by atoms with Crippen LogP contribution < -0.4 is 0 Å². The molecule has 2 saturated heterocycles. The number of unbranched alkanes of at least 4 members (excludes halogenated alkanes) is 18. The number of carbonyl (C=O) groups excluding carboxylic acids is 1. The highest BCUT2D eigenvalue weighted by Crippen LogP contribution is 2.26. The zero-order chi connectivity index (χ0) is 54.4. The molecule has 0 aromatic heterocycles. The fraction of sp³-hybridized carbons (Fsp3) is 0.754. The predicted molar refractivity (Wildman–Crippen MR) is 298 cm³/mol. The Morgan fingerprint density at radius 3 is 1.36 bits per heavy atom. The summed E-state index contributed by atoms with van der Waals surface area (Å²) in [6, 6.07) is 0. The smallest absolute Gasteiger partial charge is 0.306 e. The maximum absolute atomic E-state index is 13.0. The van der Waals surface area contributed by atoms with Crippen LogP contribution in [0.5, 0.6) is 0 Å². The van der Waals surface area contributed by atoms with Gasteiger partial charge in [0.1, 0.15) is 54.9 Å². The SMILES string of the molecule is CC/C=C\C/C=C\C/C=C\C/C=C\C/C=C\CCCCCCCCCCCCOCC(COC1OC(COC2OC(CO)C(O)C(O)C2O)C(O)C(O)C1O)OC(=O)CCCCCCC/C=C\C/C=C\CCCCC. The molecule has 0 amide bonds. The zero-order valence-electron chi connectivity index (χ0n) is 46.3. The minimum absolute atomic E-state index is 0.0482. The summed E-state index contributed by atoms with van der Waals surface area (Å²) in [5, 5.41) is 72.3. The summed E-state index contributed by atoms with van der Waals surface area (Å²) in [5.41, 5.74) is 0. The van der Waals surface area contributed by atoms with Crippen molar-refractivity contribution in [3.8, 4) is 0 Å². The third-order valence-electron chi connectivity index (χ3n) is 13.4. The summed E-state index contributed by atoms with van der Waals surface area (Å²) < 4.78 is 34.4. The number of hydrogen-bond donors (Lipinski definition) is 7. The molecule has 0 radical (unpaired) electrons. The number of allylic oxidation sites excluding steroid dienone is 14. The predicted octanol–water partition coefficient (Wildman–Crippen LogP) is 10.4. The molecule has 0 spiro atoms. The summed E-state index contributed by atoms with van der Waals surface area (Å²) in [5.74, 6) is -0.394. The van der Waals surface area contributed by atoms with E-state index in [0.29, 0.717) is 13.0 Å². The Balaban J connectivity index is 1.70. The van der Waals surface area contributed by atoms with Crippen LogP contribution in [0.2, 0.25) is 0 Å². The van der Waals surface area contributed by atoms with Gasteiger partial charge in [-0.15, -0.1) is 0 Å². The first-order chi connectivity index (χ1) is 36.6. The van der Waals surface area contributed by atoms with Crippen molar-refractivity contribution < 1.29 is 69.0 Å². The molecule has 2 aliphatic heterocycles. The molecule has 0 bridgehead atoms. The van der Waals surface area contributed by atoms with Crippen LogP contribution in [0, 0.1) is 0 Å². The van der Waals surface area contributed by atoms with Crippen LogP contribution >= 0.6 is 0 Å². The lowest BCUT2D eigenvalue weighted by Gasteiger charge is -2.42. The number of ether oxygens (including phenoxy) is 6. The fourth-order valence-corrected chi connectivity index (χ4v) is 8.69. The summed E-state index contributed by atoms with van der Waals surface area (Å²) in [4.78, 5) is 13.0. The highest BCUT2D eigenvalue weighted by atomic mass is 16.7. The molecule has 432 valence electrons. The first-order valence-corrected chi connectivity index (χ1v) is 29.2. The van der Waals surface area contributed by atoms with Crippen molar-refractivity contribution in [3.05, 3.63) is 85.1 Å². The van der Waals surface area contributed by atoms with Crippen LogP contribution in [-0.2, 0) is 33.2 Å². The Bertz CT molecular complexity index is 1560. The number of rotatable bonds is 46. The Morgan fingerprint density at radius 2 is 0.867 bits per heavy atom. The molecule has 7 N–H and O–H groups in total. The Morgan fingerprint density at radius 1 is 0.453 bits per heavy atom. The van der Waals surface area contributed by atoms with E-state index in [9.17, 15) is 40.5 Å². The van der Waals surface area contributed by atoms with Crippen LogP contribution in [0.15, 0.2) is 85.1 Å². The van der Waals surface area contributed by atoms with E-state index in [2.05, 4.69) is 98.9 Å². The molecule has 11 atom stereocenters. The molecular formula is C61H104O14. The van der Waals surface area contributed by atoms with Crippen LogP contribution in [0.4, 0.5) is 0 Å². The standard InChI is InChI=1S/C61H104O14/c1-3-5-7-9-11-13-15-17-19-20-21-22-23-24-25-26-27-28-29-31-33-35-37-39-41-43-45-70-47-50(73-53(63)44-42-40-38-36-34-32-30-18-16-14-12-10-8-6-4-2)48-71-60-59(69)57(67)55(65)52(75-60)49-72-61-58(68)56(66)54(64)51(46-62)74-61/h5,7,11-14,17-19,21-22,24-25,30,50-52,54-62,64-69H,3-4,6,8-10,15-16,20,23,26-29,31-49H2,1-2H3/b7-5-,13-11-,14-12-,19-17-,22-21-,25-24-,30-18-. The number of aliphatic hydroxyl groups is 7. The van der Waals surface area contributed by atoms with Gasteiger partial charge < -0.3 is 64.2 Å². The van der Waals surface area contributed by atoms with Crippen molar-refractivity contribution in [3.63, 3.8) is 0 Å². The van der Waals surface area contributed by atoms with Gasteiger partial charge in [-0.25, -0.2) is 0 Å². The Hall–Kier alpha value is -2.83. The van der Waals surface area contributed by atoms with Gasteiger partial charge >= 0.3 is 5.97 Å². The van der Waals surface area contributed by atoms with Gasteiger partial charge in [0.2, 0.25) is 0 Å². The van der Waals surface area contributed by atoms with Crippen molar-refractivity contribution in [2.24, 2.45) is 0 Å². The van der Waals surface area contributed by atoms with Crippen molar-refractivity contribution in [1.82, 2.24) is 0 Å². The summed E-state index contributed by atoms with van der Waals surface area (Å²) in [6.07, 6.45) is 45.0. The van der Waals surface area contributed by atoms with E-state index in [0.717, 1.165) is 103 Å². The van der Waals surface area contributed by atoms with Crippen LogP contribution in [0.3, 0.4) is 0 Å². The lowest BCUT2D eigenvalue weighted by Crippen LogP contribution is -2.61. The average molecular weight is 1060 g/mol. The van der Waals surface area contributed by atoms with Gasteiger partial charge in [-0.1, -0.05) is 182 Å². The maximum atomic E-state index is 13.0. The molecule has 14 nitrogen and oxygen atoms in total. The number of esters is 1. The summed E-state index contributed by atoms with van der Waals surface area (Å²) in [6.45, 7) is 3.51.